The first-order valence-electron chi connectivity index (χ1n) is 8.92. The van der Waals surface area contributed by atoms with E-state index in [1.165, 1.54) is 12.1 Å². The Hall–Kier alpha value is -2.89. The first-order chi connectivity index (χ1) is 13.0. The van der Waals surface area contributed by atoms with Gasteiger partial charge in [-0.15, -0.1) is 0 Å². The third-order valence-corrected chi connectivity index (χ3v) is 4.58. The van der Waals surface area contributed by atoms with Crippen LogP contribution >= 0.6 is 0 Å². The number of nitrogens with zero attached hydrogens (tertiary/aromatic N) is 1. The highest BCUT2D eigenvalue weighted by Gasteiger charge is 2.41. The van der Waals surface area contributed by atoms with Crippen LogP contribution in [0.3, 0.4) is 0 Å². The van der Waals surface area contributed by atoms with Crippen LogP contribution in [-0.4, -0.2) is 30.9 Å². The molecule has 0 saturated heterocycles. The number of benzene rings is 2. The first kappa shape index (κ1) is 18.9. The van der Waals surface area contributed by atoms with Crippen molar-refractivity contribution in [2.75, 3.05) is 13.7 Å². The molecule has 3 rings (SSSR count). The molecule has 1 heterocycles. The Balaban J connectivity index is 1.48. The number of nitrogens with one attached hydrogen (secondary N) is 1. The molecule has 0 aliphatic carbocycles. The third kappa shape index (κ3) is 4.64. The van der Waals surface area contributed by atoms with Gasteiger partial charge >= 0.3 is 0 Å². The Kier molecular flexibility index (Phi) is 5.74. The number of aryl methyl sites for hydroxylation is 1. The molecular weight excluding hydrogens is 347 g/mol. The first-order valence-corrected chi connectivity index (χ1v) is 8.92. The minimum atomic E-state index is -1.02. The molecule has 1 aliphatic rings. The molecule has 2 aromatic carbocycles. The van der Waals surface area contributed by atoms with Gasteiger partial charge in [-0.1, -0.05) is 17.3 Å². The zero-order chi connectivity index (χ0) is 19.3. The van der Waals surface area contributed by atoms with E-state index in [0.717, 1.165) is 29.0 Å². The molecule has 2 aromatic rings. The van der Waals surface area contributed by atoms with Crippen LogP contribution in [0.5, 0.6) is 5.75 Å². The summed E-state index contributed by atoms with van der Waals surface area (Å²) in [5.74, 6) is 0.317. The summed E-state index contributed by atoms with van der Waals surface area (Å²) in [6, 6.07) is 14.0. The maximum absolute atomic E-state index is 13.2. The predicted octanol–water partition coefficient (Wildman–Crippen LogP) is 3.47. The SMILES string of the molecule is COc1ccc(C2=NO[C@@](C)(C(=O)NCCCc3cccc(F)c3)C2)cc1. The predicted molar refractivity (Wildman–Crippen MR) is 101 cm³/mol. The Bertz CT molecular complexity index is 836. The fraction of sp³-hybridized carbons (Fsp3) is 0.333. The van der Waals surface area contributed by atoms with Crippen molar-refractivity contribution in [3.63, 3.8) is 0 Å². The van der Waals surface area contributed by atoms with Gasteiger partial charge < -0.3 is 14.9 Å². The molecule has 1 aliphatic heterocycles. The van der Waals surface area contributed by atoms with Gasteiger partial charge in [0.1, 0.15) is 11.6 Å². The van der Waals surface area contributed by atoms with E-state index in [2.05, 4.69) is 10.5 Å². The second-order valence-corrected chi connectivity index (χ2v) is 6.75. The van der Waals surface area contributed by atoms with Crippen LogP contribution in [0, 0.1) is 5.82 Å². The summed E-state index contributed by atoms with van der Waals surface area (Å²) in [5.41, 5.74) is 1.53. The van der Waals surface area contributed by atoms with Gasteiger partial charge in [-0.05, 0) is 67.3 Å². The number of oxime groups is 1. The van der Waals surface area contributed by atoms with Crippen LogP contribution in [0.15, 0.2) is 53.7 Å². The smallest absolute Gasteiger partial charge is 0.267 e. The number of rotatable bonds is 7. The molecule has 0 spiro atoms. The van der Waals surface area contributed by atoms with Crippen molar-refractivity contribution in [1.82, 2.24) is 5.32 Å². The number of carbonyl (C=O) groups is 1. The molecule has 0 aromatic heterocycles. The highest BCUT2D eigenvalue weighted by Crippen LogP contribution is 2.27. The van der Waals surface area contributed by atoms with Gasteiger partial charge in [0.2, 0.25) is 5.60 Å². The molecule has 142 valence electrons. The summed E-state index contributed by atoms with van der Waals surface area (Å²) in [4.78, 5) is 18.0. The fourth-order valence-electron chi connectivity index (χ4n) is 2.97. The Morgan fingerprint density at radius 1 is 1.30 bits per heavy atom. The van der Waals surface area contributed by atoms with E-state index in [4.69, 9.17) is 9.57 Å². The average molecular weight is 370 g/mol. The van der Waals surface area contributed by atoms with Gasteiger partial charge in [0, 0.05) is 13.0 Å². The van der Waals surface area contributed by atoms with Crippen molar-refractivity contribution in [1.29, 1.82) is 0 Å². The van der Waals surface area contributed by atoms with E-state index in [0.29, 0.717) is 19.4 Å². The van der Waals surface area contributed by atoms with Gasteiger partial charge in [-0.25, -0.2) is 4.39 Å². The van der Waals surface area contributed by atoms with Crippen LogP contribution in [-0.2, 0) is 16.1 Å². The van der Waals surface area contributed by atoms with Crippen molar-refractivity contribution in [3.05, 3.63) is 65.5 Å². The summed E-state index contributed by atoms with van der Waals surface area (Å²) >= 11 is 0. The number of halogens is 1. The lowest BCUT2D eigenvalue weighted by Crippen LogP contribution is -2.45. The Morgan fingerprint density at radius 3 is 2.78 bits per heavy atom. The molecule has 0 saturated carbocycles. The monoisotopic (exact) mass is 370 g/mol. The third-order valence-electron chi connectivity index (χ3n) is 4.58. The molecule has 1 amide bonds. The van der Waals surface area contributed by atoms with Crippen molar-refractivity contribution in [2.45, 2.75) is 31.8 Å². The van der Waals surface area contributed by atoms with E-state index in [9.17, 15) is 9.18 Å². The van der Waals surface area contributed by atoms with Crippen molar-refractivity contribution >= 4 is 11.6 Å². The van der Waals surface area contributed by atoms with E-state index in [-0.39, 0.29) is 11.7 Å². The van der Waals surface area contributed by atoms with E-state index in [1.54, 1.807) is 20.1 Å². The largest absolute Gasteiger partial charge is 0.497 e. The van der Waals surface area contributed by atoms with E-state index in [1.807, 2.05) is 30.3 Å². The average Bonchev–Trinajstić information content (AvgIpc) is 3.09. The molecule has 6 heteroatoms. The molecule has 5 nitrogen and oxygen atoms in total. The van der Waals surface area contributed by atoms with Gasteiger partial charge in [0.15, 0.2) is 0 Å². The van der Waals surface area contributed by atoms with Crippen LogP contribution in [0.4, 0.5) is 4.39 Å². The standard InChI is InChI=1S/C21H23FN2O3/c1-21(14-19(24-27-21)16-8-10-18(26-2)11-9-16)20(25)23-12-4-6-15-5-3-7-17(22)13-15/h3,5,7-11,13H,4,6,12,14H2,1-2H3,(H,23,25)/t21-/m1/s1. The molecule has 27 heavy (non-hydrogen) atoms. The molecule has 1 N–H and O–H groups in total. The van der Waals surface area contributed by atoms with Gasteiger partial charge in [-0.3, -0.25) is 4.79 Å². The highest BCUT2D eigenvalue weighted by molar-refractivity contribution is 6.05. The van der Waals surface area contributed by atoms with Crippen LogP contribution in [0.2, 0.25) is 0 Å². The number of ether oxygens (including phenoxy) is 1. The summed E-state index contributed by atoms with van der Waals surface area (Å²) in [5, 5.41) is 6.98. The van der Waals surface area contributed by atoms with Crippen molar-refractivity contribution < 1.29 is 18.8 Å². The normalized spacial score (nSPS) is 18.6. The minimum absolute atomic E-state index is 0.200. The number of amides is 1. The summed E-state index contributed by atoms with van der Waals surface area (Å²) in [7, 11) is 1.61. The molecule has 0 bridgehead atoms. The quantitative estimate of drug-likeness (QED) is 0.760. The maximum Gasteiger partial charge on any atom is 0.267 e. The van der Waals surface area contributed by atoms with E-state index < -0.39 is 5.60 Å². The number of hydrogen-bond donors (Lipinski definition) is 1. The summed E-state index contributed by atoms with van der Waals surface area (Å²) in [6.07, 6.45) is 1.82. The lowest BCUT2D eigenvalue weighted by molar-refractivity contribution is -0.141. The molecular formula is C21H23FN2O3. The van der Waals surface area contributed by atoms with E-state index >= 15 is 0 Å². The lowest BCUT2D eigenvalue weighted by Gasteiger charge is -2.20. The Morgan fingerprint density at radius 2 is 2.07 bits per heavy atom. The van der Waals surface area contributed by atoms with Crippen LogP contribution in [0.1, 0.15) is 30.9 Å². The number of methoxy groups -OCH3 is 1. The van der Waals surface area contributed by atoms with Crippen LogP contribution in [0.25, 0.3) is 0 Å². The van der Waals surface area contributed by atoms with Crippen molar-refractivity contribution in [2.24, 2.45) is 5.16 Å². The molecule has 0 fully saturated rings. The van der Waals surface area contributed by atoms with Gasteiger partial charge in [0.25, 0.3) is 5.91 Å². The zero-order valence-electron chi connectivity index (χ0n) is 15.5. The topological polar surface area (TPSA) is 59.9 Å². The Labute approximate surface area is 158 Å². The molecule has 1 atom stereocenters. The number of carbonyl (C=O) groups excluding carboxylic acids is 1. The maximum atomic E-state index is 13.2. The second-order valence-electron chi connectivity index (χ2n) is 6.75. The number of hydrogen-bond acceptors (Lipinski definition) is 4. The van der Waals surface area contributed by atoms with Gasteiger partial charge in [-0.2, -0.15) is 0 Å². The summed E-state index contributed by atoms with van der Waals surface area (Å²) < 4.78 is 18.3. The molecule has 0 radical (unpaired) electrons. The second kappa shape index (κ2) is 8.20. The minimum Gasteiger partial charge on any atom is -0.497 e. The van der Waals surface area contributed by atoms with Crippen molar-refractivity contribution in [3.8, 4) is 5.75 Å². The zero-order valence-corrected chi connectivity index (χ0v) is 15.5. The fourth-order valence-corrected chi connectivity index (χ4v) is 2.97. The summed E-state index contributed by atoms with van der Waals surface area (Å²) in [6.45, 7) is 2.22. The van der Waals surface area contributed by atoms with Crippen LogP contribution < -0.4 is 10.1 Å². The van der Waals surface area contributed by atoms with Gasteiger partial charge in [0.05, 0.1) is 12.8 Å². The lowest BCUT2D eigenvalue weighted by atomic mass is 9.95. The molecule has 0 unspecified atom stereocenters. The highest BCUT2D eigenvalue weighted by atomic mass is 19.1.